The number of likely N-dealkylation sites (N-methyl/N-ethyl adjacent to an activating group) is 1. The Morgan fingerprint density at radius 3 is 2.32 bits per heavy atom. The van der Waals surface area contributed by atoms with Gasteiger partial charge in [-0.25, -0.2) is 4.79 Å². The second-order valence-electron chi connectivity index (χ2n) is 8.96. The maximum Gasteiger partial charge on any atom is 0.411 e. The van der Waals surface area contributed by atoms with Crippen LogP contribution >= 0.6 is 0 Å². The summed E-state index contributed by atoms with van der Waals surface area (Å²) in [6, 6.07) is 20.8. The Bertz CT molecular complexity index is 1270. The first-order valence-electron chi connectivity index (χ1n) is 12.1. The van der Waals surface area contributed by atoms with Crippen molar-refractivity contribution in [3.63, 3.8) is 0 Å². The third kappa shape index (κ3) is 5.58. The van der Waals surface area contributed by atoms with Gasteiger partial charge in [-0.15, -0.1) is 0 Å². The van der Waals surface area contributed by atoms with Gasteiger partial charge in [0.1, 0.15) is 5.75 Å². The summed E-state index contributed by atoms with van der Waals surface area (Å²) >= 11 is 0. The zero-order valence-electron chi connectivity index (χ0n) is 21.4. The van der Waals surface area contributed by atoms with E-state index in [1.807, 2.05) is 38.1 Å². The number of benzene rings is 3. The zero-order valence-corrected chi connectivity index (χ0v) is 21.4. The molecule has 0 aromatic heterocycles. The highest BCUT2D eigenvalue weighted by Crippen LogP contribution is 2.35. The molecule has 1 aliphatic rings. The van der Waals surface area contributed by atoms with E-state index in [1.165, 1.54) is 4.90 Å². The molecule has 0 aliphatic carbocycles. The van der Waals surface area contributed by atoms with Gasteiger partial charge in [-0.1, -0.05) is 36.4 Å². The van der Waals surface area contributed by atoms with Crippen LogP contribution in [0.3, 0.4) is 0 Å². The molecular formula is C29H31N3O5. The van der Waals surface area contributed by atoms with Crippen LogP contribution in [0.1, 0.15) is 40.1 Å². The summed E-state index contributed by atoms with van der Waals surface area (Å²) in [7, 11) is 3.28. The van der Waals surface area contributed by atoms with Crippen molar-refractivity contribution < 1.29 is 23.9 Å². The molecule has 0 saturated carbocycles. The minimum absolute atomic E-state index is 0.191. The second-order valence-corrected chi connectivity index (χ2v) is 8.96. The van der Waals surface area contributed by atoms with Crippen LogP contribution in [0.4, 0.5) is 10.5 Å². The van der Waals surface area contributed by atoms with Crippen LogP contribution in [0.5, 0.6) is 5.75 Å². The van der Waals surface area contributed by atoms with E-state index in [0.717, 1.165) is 11.1 Å². The number of aryl methyl sites for hydroxylation is 1. The Hall–Kier alpha value is -4.33. The smallest absolute Gasteiger partial charge is 0.411 e. The molecule has 2 atom stereocenters. The predicted octanol–water partition coefficient (Wildman–Crippen LogP) is 4.80. The van der Waals surface area contributed by atoms with Crippen LogP contribution in [0.15, 0.2) is 72.8 Å². The lowest BCUT2D eigenvalue weighted by Crippen LogP contribution is -2.46. The van der Waals surface area contributed by atoms with E-state index in [9.17, 15) is 14.4 Å². The molecule has 3 aromatic carbocycles. The third-order valence-corrected chi connectivity index (χ3v) is 6.64. The van der Waals surface area contributed by atoms with Gasteiger partial charge in [-0.05, 0) is 66.9 Å². The van der Waals surface area contributed by atoms with Crippen molar-refractivity contribution in [2.24, 2.45) is 0 Å². The fourth-order valence-electron chi connectivity index (χ4n) is 4.25. The van der Waals surface area contributed by atoms with Crippen LogP contribution in [0, 0.1) is 6.92 Å². The van der Waals surface area contributed by atoms with Crippen LogP contribution in [0.25, 0.3) is 0 Å². The lowest BCUT2D eigenvalue weighted by molar-refractivity contribution is -0.135. The van der Waals surface area contributed by atoms with E-state index in [2.05, 4.69) is 5.32 Å². The molecule has 0 spiro atoms. The highest BCUT2D eigenvalue weighted by atomic mass is 16.6. The summed E-state index contributed by atoms with van der Waals surface area (Å²) in [5.74, 6) is 0.217. The van der Waals surface area contributed by atoms with E-state index in [4.69, 9.17) is 9.47 Å². The van der Waals surface area contributed by atoms with Gasteiger partial charge < -0.3 is 19.7 Å². The summed E-state index contributed by atoms with van der Waals surface area (Å²) in [4.78, 5) is 42.1. The summed E-state index contributed by atoms with van der Waals surface area (Å²) in [5.41, 5.74) is 3.74. The van der Waals surface area contributed by atoms with Crippen molar-refractivity contribution in [3.05, 3.63) is 95.1 Å². The lowest BCUT2D eigenvalue weighted by atomic mass is 9.99. The summed E-state index contributed by atoms with van der Waals surface area (Å²) in [5, 5.41) is 2.86. The monoisotopic (exact) mass is 501 g/mol. The molecule has 0 radical (unpaired) electrons. The average Bonchev–Trinajstić information content (AvgIpc) is 3.24. The van der Waals surface area contributed by atoms with Crippen molar-refractivity contribution in [1.29, 1.82) is 0 Å². The quantitative estimate of drug-likeness (QED) is 0.479. The van der Waals surface area contributed by atoms with Crippen LogP contribution in [-0.2, 0) is 16.1 Å². The number of rotatable bonds is 8. The van der Waals surface area contributed by atoms with Crippen molar-refractivity contribution in [3.8, 4) is 5.75 Å². The van der Waals surface area contributed by atoms with E-state index in [0.29, 0.717) is 29.1 Å². The molecule has 1 aliphatic heterocycles. The SMILES string of the molecule is CCN(C)C(=O)C1C(c2ccc(NC(=O)c3ccc(OC)cc3)cc2)OC(=O)N1Cc1ccccc1C. The Labute approximate surface area is 216 Å². The van der Waals surface area contributed by atoms with E-state index >= 15 is 0 Å². The fraction of sp³-hybridized carbons (Fsp3) is 0.276. The first-order chi connectivity index (χ1) is 17.8. The molecule has 8 heteroatoms. The van der Waals surface area contributed by atoms with Gasteiger partial charge in [0.2, 0.25) is 5.91 Å². The molecular weight excluding hydrogens is 470 g/mol. The maximum absolute atomic E-state index is 13.4. The van der Waals surface area contributed by atoms with Crippen LogP contribution in [0.2, 0.25) is 0 Å². The van der Waals surface area contributed by atoms with Crippen molar-refractivity contribution in [2.45, 2.75) is 32.5 Å². The first-order valence-corrected chi connectivity index (χ1v) is 12.1. The standard InChI is InChI=1S/C29H31N3O5/c1-5-31(3)28(34)25-26(37-29(35)32(25)18-22-9-7-6-8-19(22)2)20-10-14-23(15-11-20)30-27(33)21-12-16-24(36-4)17-13-21/h6-17,25-26H,5,18H2,1-4H3,(H,30,33). The number of amides is 3. The summed E-state index contributed by atoms with van der Waals surface area (Å²) in [6.45, 7) is 4.63. The summed E-state index contributed by atoms with van der Waals surface area (Å²) in [6.07, 6.45) is -1.31. The molecule has 1 saturated heterocycles. The molecule has 192 valence electrons. The van der Waals surface area contributed by atoms with Crippen molar-refractivity contribution >= 4 is 23.6 Å². The van der Waals surface area contributed by atoms with Gasteiger partial charge in [0.25, 0.3) is 5.91 Å². The van der Waals surface area contributed by atoms with Gasteiger partial charge in [0.15, 0.2) is 12.1 Å². The van der Waals surface area contributed by atoms with Gasteiger partial charge in [-0.3, -0.25) is 14.5 Å². The highest BCUT2D eigenvalue weighted by molar-refractivity contribution is 6.04. The highest BCUT2D eigenvalue weighted by Gasteiger charge is 2.47. The van der Waals surface area contributed by atoms with E-state index in [1.54, 1.807) is 67.6 Å². The number of carbonyl (C=O) groups excluding carboxylic acids is 3. The Morgan fingerprint density at radius 2 is 1.70 bits per heavy atom. The van der Waals surface area contributed by atoms with E-state index < -0.39 is 18.2 Å². The number of nitrogens with zero attached hydrogens (tertiary/aromatic N) is 2. The molecule has 8 nitrogen and oxygen atoms in total. The Balaban J connectivity index is 1.55. The van der Waals surface area contributed by atoms with E-state index in [-0.39, 0.29) is 18.4 Å². The predicted molar refractivity (Wildman–Crippen MR) is 140 cm³/mol. The van der Waals surface area contributed by atoms with Crippen LogP contribution < -0.4 is 10.1 Å². The molecule has 4 rings (SSSR count). The maximum atomic E-state index is 13.4. The number of cyclic esters (lactones) is 1. The molecule has 3 aromatic rings. The zero-order chi connectivity index (χ0) is 26.5. The molecule has 1 heterocycles. The topological polar surface area (TPSA) is 88.2 Å². The largest absolute Gasteiger partial charge is 0.497 e. The van der Waals surface area contributed by atoms with Gasteiger partial charge in [-0.2, -0.15) is 0 Å². The number of ether oxygens (including phenoxy) is 2. The number of nitrogens with one attached hydrogen (secondary N) is 1. The summed E-state index contributed by atoms with van der Waals surface area (Å²) < 4.78 is 10.9. The fourth-order valence-corrected chi connectivity index (χ4v) is 4.25. The number of hydrogen-bond acceptors (Lipinski definition) is 5. The number of anilines is 1. The second kappa shape index (κ2) is 11.2. The average molecular weight is 502 g/mol. The Kier molecular flexibility index (Phi) is 7.77. The normalized spacial score (nSPS) is 16.8. The molecule has 0 bridgehead atoms. The number of methoxy groups -OCH3 is 1. The Morgan fingerprint density at radius 1 is 1.03 bits per heavy atom. The molecule has 2 unspecified atom stereocenters. The molecule has 1 fully saturated rings. The minimum Gasteiger partial charge on any atom is -0.497 e. The lowest BCUT2D eigenvalue weighted by Gasteiger charge is -2.28. The van der Waals surface area contributed by atoms with Gasteiger partial charge in [0, 0.05) is 24.8 Å². The molecule has 37 heavy (non-hydrogen) atoms. The van der Waals surface area contributed by atoms with Gasteiger partial charge in [0.05, 0.1) is 13.7 Å². The third-order valence-electron chi connectivity index (χ3n) is 6.64. The van der Waals surface area contributed by atoms with Crippen LogP contribution in [-0.4, -0.2) is 54.5 Å². The first kappa shape index (κ1) is 25.8. The molecule has 3 amide bonds. The number of carbonyl (C=O) groups is 3. The van der Waals surface area contributed by atoms with Crippen molar-refractivity contribution in [2.75, 3.05) is 26.0 Å². The minimum atomic E-state index is -0.809. The number of hydrogen-bond donors (Lipinski definition) is 1. The molecule has 1 N–H and O–H groups in total. The van der Waals surface area contributed by atoms with Crippen molar-refractivity contribution in [1.82, 2.24) is 9.80 Å². The van der Waals surface area contributed by atoms with Gasteiger partial charge >= 0.3 is 6.09 Å².